The molecule has 0 amide bonds. The Hall–Kier alpha value is -1.42. The molecule has 0 atom stereocenters. The Morgan fingerprint density at radius 3 is 2.32 bits per heavy atom. The smallest absolute Gasteiger partial charge is 0.161 e. The second kappa shape index (κ2) is 9.91. The molecule has 2 aromatic carbocycles. The van der Waals surface area contributed by atoms with E-state index in [-0.39, 0.29) is 0 Å². The zero-order valence-electron chi connectivity index (χ0n) is 15.0. The van der Waals surface area contributed by atoms with E-state index in [1.54, 1.807) is 6.07 Å². The molecule has 0 aliphatic carbocycles. The summed E-state index contributed by atoms with van der Waals surface area (Å²) >= 11 is 12.0. The summed E-state index contributed by atoms with van der Waals surface area (Å²) in [6.45, 7) is 4.06. The van der Waals surface area contributed by atoms with Crippen LogP contribution in [0.3, 0.4) is 0 Å². The van der Waals surface area contributed by atoms with Gasteiger partial charge in [0.25, 0.3) is 0 Å². The molecule has 0 aromatic heterocycles. The Bertz CT molecular complexity index is 689. The van der Waals surface area contributed by atoms with Gasteiger partial charge in [0.1, 0.15) is 6.61 Å². The number of benzene rings is 2. The third kappa shape index (κ3) is 6.43. The quantitative estimate of drug-likeness (QED) is 0.574. The van der Waals surface area contributed by atoms with Gasteiger partial charge in [0, 0.05) is 0 Å². The lowest BCUT2D eigenvalue weighted by Crippen LogP contribution is -2.13. The van der Waals surface area contributed by atoms with Crippen LogP contribution in [0.2, 0.25) is 10.0 Å². The van der Waals surface area contributed by atoms with Crippen LogP contribution < -0.4 is 9.47 Å². The molecule has 5 heteroatoms. The Morgan fingerprint density at radius 2 is 1.64 bits per heavy atom. The zero-order chi connectivity index (χ0) is 18.2. The van der Waals surface area contributed by atoms with Crippen LogP contribution in [0.1, 0.15) is 24.5 Å². The van der Waals surface area contributed by atoms with E-state index in [1.165, 1.54) is 5.56 Å². The maximum atomic E-state index is 6.05. The largest absolute Gasteiger partial charge is 0.490 e. The van der Waals surface area contributed by atoms with Crippen LogP contribution in [0, 0.1) is 0 Å². The SMILES string of the molecule is CCOc1cc(CCCN(C)C)ccc1OCc1ccc(Cl)c(Cl)c1. The number of rotatable bonds is 9. The molecule has 0 fully saturated rings. The van der Waals surface area contributed by atoms with Gasteiger partial charge in [-0.2, -0.15) is 0 Å². The summed E-state index contributed by atoms with van der Waals surface area (Å²) in [6, 6.07) is 11.7. The average Bonchev–Trinajstić information content (AvgIpc) is 2.57. The molecule has 25 heavy (non-hydrogen) atoms. The van der Waals surface area contributed by atoms with E-state index in [0.717, 1.165) is 36.4 Å². The van der Waals surface area contributed by atoms with Gasteiger partial charge in [0.05, 0.1) is 16.7 Å². The maximum absolute atomic E-state index is 6.05. The second-order valence-electron chi connectivity index (χ2n) is 6.16. The van der Waals surface area contributed by atoms with Crippen molar-refractivity contribution in [1.29, 1.82) is 0 Å². The number of ether oxygens (including phenoxy) is 2. The first-order valence-electron chi connectivity index (χ1n) is 8.46. The van der Waals surface area contributed by atoms with Crippen LogP contribution in [0.4, 0.5) is 0 Å². The van der Waals surface area contributed by atoms with Crippen LogP contribution in [-0.4, -0.2) is 32.1 Å². The summed E-state index contributed by atoms with van der Waals surface area (Å²) in [4.78, 5) is 2.19. The van der Waals surface area contributed by atoms with Gasteiger partial charge in [0.2, 0.25) is 0 Å². The molecule has 2 aromatic rings. The van der Waals surface area contributed by atoms with Crippen LogP contribution in [-0.2, 0) is 13.0 Å². The fraction of sp³-hybridized carbons (Fsp3) is 0.400. The first-order valence-corrected chi connectivity index (χ1v) is 9.22. The maximum Gasteiger partial charge on any atom is 0.161 e. The average molecular weight is 382 g/mol. The van der Waals surface area contributed by atoms with Gasteiger partial charge in [0.15, 0.2) is 11.5 Å². The van der Waals surface area contributed by atoms with Crippen molar-refractivity contribution in [2.75, 3.05) is 27.2 Å². The minimum Gasteiger partial charge on any atom is -0.490 e. The van der Waals surface area contributed by atoms with Crippen molar-refractivity contribution in [3.8, 4) is 11.5 Å². The van der Waals surface area contributed by atoms with Crippen LogP contribution in [0.5, 0.6) is 11.5 Å². The van der Waals surface area contributed by atoms with Gasteiger partial charge in [-0.05, 0) is 75.8 Å². The van der Waals surface area contributed by atoms with Crippen molar-refractivity contribution in [3.05, 3.63) is 57.6 Å². The molecule has 0 heterocycles. The molecule has 136 valence electrons. The predicted molar refractivity (Wildman–Crippen MR) is 105 cm³/mol. The molecule has 0 radical (unpaired) electrons. The Morgan fingerprint density at radius 1 is 0.880 bits per heavy atom. The monoisotopic (exact) mass is 381 g/mol. The highest BCUT2D eigenvalue weighted by Crippen LogP contribution is 2.30. The third-order valence-corrected chi connectivity index (χ3v) is 4.50. The molecule has 0 saturated carbocycles. The van der Waals surface area contributed by atoms with Gasteiger partial charge in [-0.1, -0.05) is 35.3 Å². The number of hydrogen-bond donors (Lipinski definition) is 0. The minimum absolute atomic E-state index is 0.414. The predicted octanol–water partition coefficient (Wildman–Crippen LogP) is 5.47. The highest BCUT2D eigenvalue weighted by molar-refractivity contribution is 6.42. The zero-order valence-corrected chi connectivity index (χ0v) is 16.5. The van der Waals surface area contributed by atoms with Gasteiger partial charge in [-0.15, -0.1) is 0 Å². The first kappa shape index (κ1) is 19.9. The summed E-state index contributed by atoms with van der Waals surface area (Å²) in [5, 5.41) is 1.08. The van der Waals surface area contributed by atoms with E-state index in [2.05, 4.69) is 31.1 Å². The minimum atomic E-state index is 0.414. The van der Waals surface area contributed by atoms with Crippen molar-refractivity contribution in [2.24, 2.45) is 0 Å². The van der Waals surface area contributed by atoms with Crippen molar-refractivity contribution in [1.82, 2.24) is 4.90 Å². The van der Waals surface area contributed by atoms with E-state index in [4.69, 9.17) is 32.7 Å². The lowest BCUT2D eigenvalue weighted by Gasteiger charge is -2.14. The summed E-state index contributed by atoms with van der Waals surface area (Å²) in [6.07, 6.45) is 2.13. The number of hydrogen-bond acceptors (Lipinski definition) is 3. The molecule has 3 nitrogen and oxygen atoms in total. The fourth-order valence-electron chi connectivity index (χ4n) is 2.49. The van der Waals surface area contributed by atoms with Gasteiger partial charge in [-0.3, -0.25) is 0 Å². The lowest BCUT2D eigenvalue weighted by molar-refractivity contribution is 0.269. The molecule has 0 unspecified atom stereocenters. The van der Waals surface area contributed by atoms with Crippen LogP contribution >= 0.6 is 23.2 Å². The Labute approximate surface area is 160 Å². The standard InChI is InChI=1S/C20H25Cl2NO2/c1-4-24-20-13-15(6-5-11-23(2)3)8-10-19(20)25-14-16-7-9-17(21)18(22)12-16/h7-10,12-13H,4-6,11,14H2,1-3H3. The number of nitrogens with zero attached hydrogens (tertiary/aromatic N) is 1. The number of aryl methyl sites for hydroxylation is 1. The van der Waals surface area contributed by atoms with E-state index in [0.29, 0.717) is 23.3 Å². The van der Waals surface area contributed by atoms with Crippen LogP contribution in [0.25, 0.3) is 0 Å². The van der Waals surface area contributed by atoms with Crippen molar-refractivity contribution >= 4 is 23.2 Å². The molecule has 0 aliphatic heterocycles. The van der Waals surface area contributed by atoms with E-state index >= 15 is 0 Å². The van der Waals surface area contributed by atoms with Gasteiger partial charge >= 0.3 is 0 Å². The van der Waals surface area contributed by atoms with E-state index in [9.17, 15) is 0 Å². The van der Waals surface area contributed by atoms with Crippen molar-refractivity contribution in [3.63, 3.8) is 0 Å². The molecule has 0 aliphatic rings. The highest BCUT2D eigenvalue weighted by atomic mass is 35.5. The lowest BCUT2D eigenvalue weighted by atomic mass is 10.1. The normalized spacial score (nSPS) is 11.0. The van der Waals surface area contributed by atoms with E-state index < -0.39 is 0 Å². The molecule has 0 spiro atoms. The first-order chi connectivity index (χ1) is 12.0. The summed E-state index contributed by atoms with van der Waals surface area (Å²) in [5.41, 5.74) is 2.22. The fourth-order valence-corrected chi connectivity index (χ4v) is 2.81. The van der Waals surface area contributed by atoms with Crippen LogP contribution in [0.15, 0.2) is 36.4 Å². The van der Waals surface area contributed by atoms with Crippen molar-refractivity contribution in [2.45, 2.75) is 26.4 Å². The second-order valence-corrected chi connectivity index (χ2v) is 6.97. The molecule has 0 saturated heterocycles. The highest BCUT2D eigenvalue weighted by Gasteiger charge is 2.08. The van der Waals surface area contributed by atoms with Gasteiger partial charge in [-0.25, -0.2) is 0 Å². The topological polar surface area (TPSA) is 21.7 Å². The number of halogens is 2. The summed E-state index contributed by atoms with van der Waals surface area (Å²) < 4.78 is 11.7. The van der Waals surface area contributed by atoms with E-state index in [1.807, 2.05) is 25.1 Å². The van der Waals surface area contributed by atoms with Crippen molar-refractivity contribution < 1.29 is 9.47 Å². The Balaban J connectivity index is 2.04. The molecule has 2 rings (SSSR count). The molecule has 0 N–H and O–H groups in total. The third-order valence-electron chi connectivity index (χ3n) is 3.76. The summed E-state index contributed by atoms with van der Waals surface area (Å²) in [5.74, 6) is 1.52. The Kier molecular flexibility index (Phi) is 7.89. The molecule has 0 bridgehead atoms. The molecular formula is C20H25Cl2NO2. The van der Waals surface area contributed by atoms with Gasteiger partial charge < -0.3 is 14.4 Å². The summed E-state index contributed by atoms with van der Waals surface area (Å²) in [7, 11) is 4.18. The molecular weight excluding hydrogens is 357 g/mol.